The number of anilines is 1. The van der Waals surface area contributed by atoms with Gasteiger partial charge >= 0.3 is 0 Å². The number of aromatic nitrogens is 3. The molecule has 31 heavy (non-hydrogen) atoms. The van der Waals surface area contributed by atoms with Gasteiger partial charge in [-0.05, 0) is 53.1 Å². The Hall–Kier alpha value is -4.33. The minimum absolute atomic E-state index is 0.0430. The number of amides is 1. The molecule has 0 aliphatic carbocycles. The van der Waals surface area contributed by atoms with Crippen LogP contribution in [0.15, 0.2) is 72.8 Å². The van der Waals surface area contributed by atoms with Crippen LogP contribution in [0.25, 0.3) is 11.1 Å². The van der Waals surface area contributed by atoms with E-state index in [1.807, 2.05) is 24.3 Å². The van der Waals surface area contributed by atoms with Crippen molar-refractivity contribution < 1.29 is 19.7 Å². The topological polar surface area (TPSA) is 110 Å². The molecule has 0 bridgehead atoms. The standard InChI is InChI=1S/C23H20N4O4/c1-31-20-10-8-15(9-11-20)14-27-21(23(30)25-26-27)22(29)24-18-6-2-4-16(12-18)17-5-3-7-19(28)13-17/h2-13,28,30H,14H2,1H3,(H,24,29). The van der Waals surface area contributed by atoms with Crippen LogP contribution in [-0.2, 0) is 6.54 Å². The summed E-state index contributed by atoms with van der Waals surface area (Å²) in [6.45, 7) is 0.254. The predicted molar refractivity (Wildman–Crippen MR) is 115 cm³/mol. The second-order valence-electron chi connectivity index (χ2n) is 6.85. The summed E-state index contributed by atoms with van der Waals surface area (Å²) in [6, 6.07) is 21.3. The molecule has 1 aromatic heterocycles. The fourth-order valence-electron chi connectivity index (χ4n) is 3.19. The summed E-state index contributed by atoms with van der Waals surface area (Å²) >= 11 is 0. The van der Waals surface area contributed by atoms with E-state index in [2.05, 4.69) is 15.6 Å². The van der Waals surface area contributed by atoms with Gasteiger partial charge in [0, 0.05) is 5.69 Å². The van der Waals surface area contributed by atoms with Gasteiger partial charge in [-0.1, -0.05) is 46.7 Å². The molecule has 1 heterocycles. The number of carbonyl (C=O) groups is 1. The largest absolute Gasteiger partial charge is 0.508 e. The number of carbonyl (C=O) groups excluding carboxylic acids is 1. The lowest BCUT2D eigenvalue weighted by molar-refractivity contribution is 0.101. The summed E-state index contributed by atoms with van der Waals surface area (Å²) in [5, 5.41) is 30.1. The first-order valence-corrected chi connectivity index (χ1v) is 9.49. The maximum atomic E-state index is 12.9. The molecule has 0 aliphatic rings. The zero-order valence-electron chi connectivity index (χ0n) is 16.7. The van der Waals surface area contributed by atoms with Gasteiger partial charge in [0.2, 0.25) is 0 Å². The maximum Gasteiger partial charge on any atom is 0.279 e. The van der Waals surface area contributed by atoms with Crippen LogP contribution in [0, 0.1) is 0 Å². The number of phenols is 1. The molecule has 0 unspecified atom stereocenters. The summed E-state index contributed by atoms with van der Waals surface area (Å²) in [4.78, 5) is 12.9. The number of ether oxygens (including phenoxy) is 1. The molecule has 1 amide bonds. The van der Waals surface area contributed by atoms with Gasteiger partial charge in [-0.2, -0.15) is 0 Å². The lowest BCUT2D eigenvalue weighted by Gasteiger charge is -2.10. The molecular weight excluding hydrogens is 396 g/mol. The number of hydrogen-bond acceptors (Lipinski definition) is 6. The Morgan fingerprint density at radius 3 is 2.42 bits per heavy atom. The number of nitrogens with one attached hydrogen (secondary N) is 1. The Morgan fingerprint density at radius 1 is 1.00 bits per heavy atom. The molecule has 0 spiro atoms. The molecule has 0 atom stereocenters. The van der Waals surface area contributed by atoms with Crippen molar-refractivity contribution in [1.82, 2.24) is 15.0 Å². The van der Waals surface area contributed by atoms with E-state index in [1.54, 1.807) is 55.6 Å². The SMILES string of the molecule is COc1ccc(Cn2nnc(O)c2C(=O)Nc2cccc(-c3cccc(O)c3)c2)cc1. The van der Waals surface area contributed by atoms with Gasteiger partial charge in [0.25, 0.3) is 11.8 Å². The molecule has 156 valence electrons. The molecule has 0 radical (unpaired) electrons. The van der Waals surface area contributed by atoms with Crippen molar-refractivity contribution in [1.29, 1.82) is 0 Å². The number of phenolic OH excluding ortho intramolecular Hbond substituents is 1. The van der Waals surface area contributed by atoms with Crippen LogP contribution in [0.5, 0.6) is 17.4 Å². The van der Waals surface area contributed by atoms with E-state index in [0.29, 0.717) is 5.69 Å². The third-order valence-corrected chi connectivity index (χ3v) is 4.72. The first-order chi connectivity index (χ1) is 15.0. The lowest BCUT2D eigenvalue weighted by atomic mass is 10.0. The highest BCUT2D eigenvalue weighted by Gasteiger charge is 2.21. The Kier molecular flexibility index (Phi) is 5.53. The Labute approximate surface area is 178 Å². The fraction of sp³-hybridized carbons (Fsp3) is 0.0870. The molecular formula is C23H20N4O4. The van der Waals surface area contributed by atoms with E-state index in [0.717, 1.165) is 22.4 Å². The quantitative estimate of drug-likeness (QED) is 0.443. The van der Waals surface area contributed by atoms with Gasteiger partial charge in [-0.25, -0.2) is 4.68 Å². The van der Waals surface area contributed by atoms with Crippen LogP contribution in [0.1, 0.15) is 16.1 Å². The highest BCUT2D eigenvalue weighted by Crippen LogP contribution is 2.26. The van der Waals surface area contributed by atoms with Crippen molar-refractivity contribution in [2.45, 2.75) is 6.54 Å². The summed E-state index contributed by atoms with van der Waals surface area (Å²) in [5.41, 5.74) is 2.99. The lowest BCUT2D eigenvalue weighted by Crippen LogP contribution is -2.18. The molecule has 0 saturated carbocycles. The predicted octanol–water partition coefficient (Wildman–Crippen LogP) is 3.67. The zero-order chi connectivity index (χ0) is 21.8. The van der Waals surface area contributed by atoms with Crippen molar-refractivity contribution in [2.75, 3.05) is 12.4 Å². The average molecular weight is 416 g/mol. The second kappa shape index (κ2) is 8.58. The minimum Gasteiger partial charge on any atom is -0.508 e. The fourth-order valence-corrected chi connectivity index (χ4v) is 3.19. The summed E-state index contributed by atoms with van der Waals surface area (Å²) < 4.78 is 6.49. The van der Waals surface area contributed by atoms with Crippen molar-refractivity contribution in [2.24, 2.45) is 0 Å². The molecule has 0 fully saturated rings. The van der Waals surface area contributed by atoms with E-state index in [4.69, 9.17) is 4.74 Å². The molecule has 3 N–H and O–H groups in total. The first kappa shape index (κ1) is 20.0. The van der Waals surface area contributed by atoms with Crippen LogP contribution in [0.3, 0.4) is 0 Å². The third-order valence-electron chi connectivity index (χ3n) is 4.72. The molecule has 0 saturated heterocycles. The molecule has 4 rings (SSSR count). The second-order valence-corrected chi connectivity index (χ2v) is 6.85. The highest BCUT2D eigenvalue weighted by molar-refractivity contribution is 6.04. The normalized spacial score (nSPS) is 10.6. The minimum atomic E-state index is -0.538. The van der Waals surface area contributed by atoms with Gasteiger partial charge in [0.15, 0.2) is 5.69 Å². The smallest absolute Gasteiger partial charge is 0.279 e. The van der Waals surface area contributed by atoms with Crippen LogP contribution < -0.4 is 10.1 Å². The first-order valence-electron chi connectivity index (χ1n) is 9.49. The van der Waals surface area contributed by atoms with Gasteiger partial charge < -0.3 is 20.3 Å². The zero-order valence-corrected chi connectivity index (χ0v) is 16.7. The van der Waals surface area contributed by atoms with Crippen molar-refractivity contribution in [3.63, 3.8) is 0 Å². The molecule has 8 heteroatoms. The Morgan fingerprint density at radius 2 is 1.71 bits per heavy atom. The monoisotopic (exact) mass is 416 g/mol. The van der Waals surface area contributed by atoms with Crippen LogP contribution in [0.2, 0.25) is 0 Å². The molecule has 0 aliphatic heterocycles. The molecule has 8 nitrogen and oxygen atoms in total. The van der Waals surface area contributed by atoms with E-state index >= 15 is 0 Å². The van der Waals surface area contributed by atoms with E-state index in [-0.39, 0.29) is 18.0 Å². The van der Waals surface area contributed by atoms with Crippen LogP contribution in [-0.4, -0.2) is 38.2 Å². The van der Waals surface area contributed by atoms with Crippen LogP contribution in [0.4, 0.5) is 5.69 Å². The Bertz CT molecular complexity index is 1220. The van der Waals surface area contributed by atoms with Gasteiger partial charge in [0.1, 0.15) is 11.5 Å². The number of nitrogens with zero attached hydrogens (tertiary/aromatic N) is 3. The third kappa shape index (κ3) is 4.48. The number of rotatable bonds is 6. The number of aromatic hydroxyl groups is 2. The highest BCUT2D eigenvalue weighted by atomic mass is 16.5. The van der Waals surface area contributed by atoms with Gasteiger partial charge in [-0.3, -0.25) is 4.79 Å². The van der Waals surface area contributed by atoms with Crippen molar-refractivity contribution >= 4 is 11.6 Å². The number of methoxy groups -OCH3 is 1. The van der Waals surface area contributed by atoms with Crippen molar-refractivity contribution in [3.8, 4) is 28.5 Å². The Balaban J connectivity index is 1.55. The summed E-state index contributed by atoms with van der Waals surface area (Å²) in [6.07, 6.45) is 0. The van der Waals surface area contributed by atoms with Gasteiger partial charge in [-0.15, -0.1) is 0 Å². The van der Waals surface area contributed by atoms with E-state index in [1.165, 1.54) is 4.68 Å². The molecule has 3 aromatic carbocycles. The molecule has 4 aromatic rings. The summed E-state index contributed by atoms with van der Waals surface area (Å²) in [5.74, 6) is -0.112. The van der Waals surface area contributed by atoms with E-state index in [9.17, 15) is 15.0 Å². The van der Waals surface area contributed by atoms with E-state index < -0.39 is 11.8 Å². The summed E-state index contributed by atoms with van der Waals surface area (Å²) in [7, 11) is 1.59. The average Bonchev–Trinajstić information content (AvgIpc) is 3.14. The van der Waals surface area contributed by atoms with Crippen molar-refractivity contribution in [3.05, 3.63) is 84.1 Å². The number of hydrogen-bond donors (Lipinski definition) is 3. The maximum absolute atomic E-state index is 12.9. The van der Waals surface area contributed by atoms with Gasteiger partial charge in [0.05, 0.1) is 13.7 Å². The number of benzene rings is 3. The van der Waals surface area contributed by atoms with Crippen LogP contribution >= 0.6 is 0 Å².